The van der Waals surface area contributed by atoms with E-state index < -0.39 is 6.04 Å². The van der Waals surface area contributed by atoms with Crippen molar-refractivity contribution in [1.82, 2.24) is 14.5 Å². The fraction of sp³-hybridized carbons (Fsp3) is 0.182. The van der Waals surface area contributed by atoms with Crippen molar-refractivity contribution in [2.24, 2.45) is 0 Å². The van der Waals surface area contributed by atoms with Crippen molar-refractivity contribution < 1.29 is 9.53 Å². The van der Waals surface area contributed by atoms with E-state index in [4.69, 9.17) is 9.72 Å². The molecule has 1 atom stereocenters. The number of hydrogen-bond acceptors (Lipinski definition) is 4. The molecule has 0 aliphatic carbocycles. The Bertz CT molecular complexity index is 1630. The van der Waals surface area contributed by atoms with E-state index in [9.17, 15) is 9.59 Å². The Labute approximate surface area is 233 Å². The van der Waals surface area contributed by atoms with Crippen LogP contribution >= 0.6 is 0 Å². The fourth-order valence-electron chi connectivity index (χ4n) is 4.84. The van der Waals surface area contributed by atoms with Crippen molar-refractivity contribution in [2.75, 3.05) is 11.9 Å². The van der Waals surface area contributed by atoms with Gasteiger partial charge in [-0.1, -0.05) is 67.6 Å². The van der Waals surface area contributed by atoms with E-state index in [-0.39, 0.29) is 11.6 Å². The molecule has 4 aromatic carbocycles. The van der Waals surface area contributed by atoms with Crippen LogP contribution in [0.3, 0.4) is 0 Å². The Morgan fingerprint density at radius 3 is 2.20 bits per heavy atom. The minimum absolute atomic E-state index is 0.170. The number of anilines is 1. The number of urea groups is 1. The van der Waals surface area contributed by atoms with Gasteiger partial charge in [-0.2, -0.15) is 0 Å². The van der Waals surface area contributed by atoms with Crippen LogP contribution < -0.4 is 15.6 Å². The largest absolute Gasteiger partial charge is 0.494 e. The summed E-state index contributed by atoms with van der Waals surface area (Å²) in [6.07, 6.45) is 0.543. The van der Waals surface area contributed by atoms with Crippen LogP contribution in [0.25, 0.3) is 16.6 Å². The molecule has 0 bridgehead atoms. The molecule has 1 aromatic heterocycles. The standard InChI is InChI=1S/C33H32N4O3/c1-3-30(31-35-29-18-12-11-17-28(29)32(38)37(31)26-15-9-6-10-16-26)36(23-24-13-7-5-8-14-24)33(39)34-25-19-21-27(22-20-25)40-4-2/h5-22,30H,3-4,23H2,1-2H3,(H,34,39). The van der Waals surface area contributed by atoms with Gasteiger partial charge in [0, 0.05) is 12.2 Å². The summed E-state index contributed by atoms with van der Waals surface area (Å²) in [5.74, 6) is 1.25. The molecule has 202 valence electrons. The molecule has 1 unspecified atom stereocenters. The van der Waals surface area contributed by atoms with Crippen molar-refractivity contribution >= 4 is 22.6 Å². The first-order valence-electron chi connectivity index (χ1n) is 13.5. The Morgan fingerprint density at radius 1 is 0.875 bits per heavy atom. The van der Waals surface area contributed by atoms with Gasteiger partial charge in [0.05, 0.1) is 29.2 Å². The van der Waals surface area contributed by atoms with E-state index in [1.54, 1.807) is 15.5 Å². The maximum absolute atomic E-state index is 14.0. The summed E-state index contributed by atoms with van der Waals surface area (Å²) in [7, 11) is 0. The van der Waals surface area contributed by atoms with Gasteiger partial charge in [-0.15, -0.1) is 0 Å². The van der Waals surface area contributed by atoms with Gasteiger partial charge < -0.3 is 15.0 Å². The lowest BCUT2D eigenvalue weighted by Crippen LogP contribution is -2.40. The van der Waals surface area contributed by atoms with Crippen LogP contribution in [0, 0.1) is 0 Å². The lowest BCUT2D eigenvalue weighted by Gasteiger charge is -2.32. The molecular formula is C33H32N4O3. The third-order valence-corrected chi connectivity index (χ3v) is 6.75. The Hall–Kier alpha value is -4.91. The second kappa shape index (κ2) is 12.3. The van der Waals surface area contributed by atoms with Crippen LogP contribution in [0.2, 0.25) is 0 Å². The summed E-state index contributed by atoms with van der Waals surface area (Å²) in [4.78, 5) is 34.6. The second-order valence-corrected chi connectivity index (χ2v) is 9.39. The van der Waals surface area contributed by atoms with Crippen LogP contribution in [0.5, 0.6) is 5.75 Å². The van der Waals surface area contributed by atoms with Crippen molar-refractivity contribution in [1.29, 1.82) is 0 Å². The maximum Gasteiger partial charge on any atom is 0.322 e. The third kappa shape index (κ3) is 5.73. The average molecular weight is 533 g/mol. The van der Waals surface area contributed by atoms with Gasteiger partial charge in [-0.3, -0.25) is 9.36 Å². The highest BCUT2D eigenvalue weighted by Crippen LogP contribution is 2.28. The van der Waals surface area contributed by atoms with E-state index >= 15 is 0 Å². The number of benzene rings is 4. The number of fused-ring (bicyclic) bond motifs is 1. The molecule has 0 saturated carbocycles. The Balaban J connectivity index is 1.62. The number of amides is 2. The first-order valence-corrected chi connectivity index (χ1v) is 13.5. The Kier molecular flexibility index (Phi) is 8.21. The molecule has 7 heteroatoms. The van der Waals surface area contributed by atoms with Gasteiger partial charge in [-0.05, 0) is 67.4 Å². The fourth-order valence-corrected chi connectivity index (χ4v) is 4.84. The highest BCUT2D eigenvalue weighted by atomic mass is 16.5. The number of rotatable bonds is 9. The van der Waals surface area contributed by atoms with Crippen LogP contribution in [0.1, 0.15) is 37.7 Å². The van der Waals surface area contributed by atoms with Gasteiger partial charge in [0.15, 0.2) is 0 Å². The molecule has 0 spiro atoms. The molecule has 0 radical (unpaired) electrons. The van der Waals surface area contributed by atoms with Gasteiger partial charge in [0.2, 0.25) is 0 Å². The number of hydrogen-bond donors (Lipinski definition) is 1. The zero-order valence-electron chi connectivity index (χ0n) is 22.7. The number of nitrogens with one attached hydrogen (secondary N) is 1. The van der Waals surface area contributed by atoms with Gasteiger partial charge in [-0.25, -0.2) is 9.78 Å². The summed E-state index contributed by atoms with van der Waals surface area (Å²) in [6, 6.07) is 33.1. The third-order valence-electron chi connectivity index (χ3n) is 6.75. The van der Waals surface area contributed by atoms with Crippen molar-refractivity contribution in [3.63, 3.8) is 0 Å². The Morgan fingerprint density at radius 2 is 1.52 bits per heavy atom. The zero-order valence-corrected chi connectivity index (χ0v) is 22.7. The molecule has 0 saturated heterocycles. The van der Waals surface area contributed by atoms with Crippen LogP contribution in [0.15, 0.2) is 114 Å². The van der Waals surface area contributed by atoms with E-state index in [2.05, 4.69) is 5.32 Å². The molecule has 5 aromatic rings. The molecule has 5 rings (SSSR count). The van der Waals surface area contributed by atoms with Crippen LogP contribution in [0.4, 0.5) is 10.5 Å². The lowest BCUT2D eigenvalue weighted by atomic mass is 10.1. The van der Waals surface area contributed by atoms with Crippen molar-refractivity contribution in [3.8, 4) is 11.4 Å². The molecule has 2 amide bonds. The lowest BCUT2D eigenvalue weighted by molar-refractivity contribution is 0.177. The van der Waals surface area contributed by atoms with E-state index in [1.165, 1.54) is 0 Å². The minimum atomic E-state index is -0.500. The smallest absolute Gasteiger partial charge is 0.322 e. The first-order chi connectivity index (χ1) is 19.6. The quantitative estimate of drug-likeness (QED) is 0.222. The predicted molar refractivity (Wildman–Crippen MR) is 159 cm³/mol. The van der Waals surface area contributed by atoms with Crippen LogP contribution in [-0.4, -0.2) is 27.1 Å². The summed E-state index contributed by atoms with van der Waals surface area (Å²) in [5.41, 5.74) is 2.74. The molecular weight excluding hydrogens is 500 g/mol. The molecule has 0 aliphatic rings. The van der Waals surface area contributed by atoms with Crippen LogP contribution in [-0.2, 0) is 6.54 Å². The normalized spacial score (nSPS) is 11.7. The molecule has 7 nitrogen and oxygen atoms in total. The van der Waals surface area contributed by atoms with Gasteiger partial charge in [0.1, 0.15) is 11.6 Å². The maximum atomic E-state index is 14.0. The topological polar surface area (TPSA) is 76.5 Å². The molecule has 40 heavy (non-hydrogen) atoms. The highest BCUT2D eigenvalue weighted by molar-refractivity contribution is 5.89. The number of nitrogens with zero attached hydrogens (tertiary/aromatic N) is 3. The van der Waals surface area contributed by atoms with E-state index in [0.717, 1.165) is 11.3 Å². The van der Waals surface area contributed by atoms with Crippen molar-refractivity contribution in [3.05, 3.63) is 131 Å². The highest BCUT2D eigenvalue weighted by Gasteiger charge is 2.29. The number of ether oxygens (including phenoxy) is 1. The second-order valence-electron chi connectivity index (χ2n) is 9.39. The van der Waals surface area contributed by atoms with Gasteiger partial charge in [0.25, 0.3) is 5.56 Å². The molecule has 1 heterocycles. The molecule has 0 fully saturated rings. The molecule has 1 N–H and O–H groups in total. The minimum Gasteiger partial charge on any atom is -0.494 e. The summed E-state index contributed by atoms with van der Waals surface area (Å²) >= 11 is 0. The first kappa shape index (κ1) is 26.7. The average Bonchev–Trinajstić information content (AvgIpc) is 2.99. The van der Waals surface area contributed by atoms with E-state index in [0.29, 0.717) is 47.7 Å². The molecule has 0 aliphatic heterocycles. The number of carbonyl (C=O) groups is 1. The monoisotopic (exact) mass is 532 g/mol. The number of aromatic nitrogens is 2. The number of carbonyl (C=O) groups excluding carboxylic acids is 1. The summed E-state index contributed by atoms with van der Waals surface area (Å²) in [6.45, 7) is 4.83. The summed E-state index contributed by atoms with van der Waals surface area (Å²) in [5, 5.41) is 3.57. The van der Waals surface area contributed by atoms with Crippen molar-refractivity contribution in [2.45, 2.75) is 32.9 Å². The van der Waals surface area contributed by atoms with Gasteiger partial charge >= 0.3 is 6.03 Å². The predicted octanol–water partition coefficient (Wildman–Crippen LogP) is 6.97. The van der Waals surface area contributed by atoms with E-state index in [1.807, 2.05) is 117 Å². The SMILES string of the molecule is CCOc1ccc(NC(=O)N(Cc2ccccc2)C(CC)c2nc3ccccc3c(=O)n2-c2ccccc2)cc1. The number of para-hydroxylation sites is 2. The zero-order chi connectivity index (χ0) is 27.9. The summed E-state index contributed by atoms with van der Waals surface area (Å²) < 4.78 is 7.18.